The van der Waals surface area contributed by atoms with Crippen molar-refractivity contribution in [1.29, 1.82) is 0 Å². The van der Waals surface area contributed by atoms with Crippen molar-refractivity contribution in [3.63, 3.8) is 0 Å². The van der Waals surface area contributed by atoms with Gasteiger partial charge in [-0.1, -0.05) is 22.9 Å². The Hall–Kier alpha value is -0.840. The maximum atomic E-state index is 12.0. The predicted octanol–water partition coefficient (Wildman–Crippen LogP) is 2.48. The summed E-state index contributed by atoms with van der Waals surface area (Å²) in [7, 11) is 0. The summed E-state index contributed by atoms with van der Waals surface area (Å²) in [5.74, 6) is 0.711. The molecule has 1 saturated carbocycles. The predicted molar refractivity (Wildman–Crippen MR) is 70.2 cm³/mol. The summed E-state index contributed by atoms with van der Waals surface area (Å²) in [6, 6.07) is 1.70. The number of hydrogen-bond donors (Lipinski definition) is 2. The molecule has 0 radical (unpaired) electrons. The molecule has 1 aliphatic rings. The van der Waals surface area contributed by atoms with Gasteiger partial charge in [-0.05, 0) is 37.7 Å². The number of aromatic amines is 1. The van der Waals surface area contributed by atoms with E-state index in [0.29, 0.717) is 5.69 Å². The van der Waals surface area contributed by atoms with E-state index in [1.54, 1.807) is 12.3 Å². The van der Waals surface area contributed by atoms with E-state index in [1.165, 1.54) is 12.8 Å². The molecule has 0 aromatic carbocycles. The van der Waals surface area contributed by atoms with Gasteiger partial charge < -0.3 is 5.32 Å². The molecule has 0 unspecified atom stereocenters. The van der Waals surface area contributed by atoms with Gasteiger partial charge in [0.15, 0.2) is 0 Å². The minimum Gasteiger partial charge on any atom is -0.344 e. The fraction of sp³-hybridized carbons (Fsp3) is 0.667. The van der Waals surface area contributed by atoms with Crippen LogP contribution in [0.25, 0.3) is 0 Å². The Morgan fingerprint density at radius 2 is 2.35 bits per heavy atom. The lowest BCUT2D eigenvalue weighted by atomic mass is 9.78. The molecule has 0 bridgehead atoms. The zero-order valence-electron chi connectivity index (χ0n) is 10.0. The lowest BCUT2D eigenvalue weighted by Gasteiger charge is -2.38. The molecule has 1 aliphatic carbocycles. The molecule has 2 N–H and O–H groups in total. The second kappa shape index (κ2) is 5.21. The first-order chi connectivity index (χ1) is 8.15. The van der Waals surface area contributed by atoms with Crippen LogP contribution in [0.1, 0.15) is 43.1 Å². The topological polar surface area (TPSA) is 57.8 Å². The monoisotopic (exact) mass is 299 g/mol. The van der Waals surface area contributed by atoms with Crippen LogP contribution in [0, 0.1) is 5.92 Å². The highest BCUT2D eigenvalue weighted by Gasteiger charge is 2.34. The molecule has 0 aliphatic heterocycles. The lowest BCUT2D eigenvalue weighted by molar-refractivity contribution is 0.0869. The van der Waals surface area contributed by atoms with Gasteiger partial charge in [-0.3, -0.25) is 9.89 Å². The first kappa shape index (κ1) is 12.6. The smallest absolute Gasteiger partial charge is 0.269 e. The molecule has 4 nitrogen and oxygen atoms in total. The highest BCUT2D eigenvalue weighted by Crippen LogP contribution is 2.33. The first-order valence-corrected chi connectivity index (χ1v) is 7.15. The number of rotatable bonds is 3. The van der Waals surface area contributed by atoms with E-state index in [2.05, 4.69) is 38.4 Å². The van der Waals surface area contributed by atoms with Gasteiger partial charge in [0, 0.05) is 11.5 Å². The van der Waals surface area contributed by atoms with Gasteiger partial charge in [0.2, 0.25) is 0 Å². The van der Waals surface area contributed by atoms with Crippen LogP contribution < -0.4 is 5.32 Å². The van der Waals surface area contributed by atoms with Crippen LogP contribution >= 0.6 is 15.9 Å². The molecule has 0 atom stereocenters. The number of nitrogens with zero attached hydrogens (tertiary/aromatic N) is 1. The average Bonchev–Trinajstić information content (AvgIpc) is 2.86. The number of hydrogen-bond acceptors (Lipinski definition) is 2. The van der Waals surface area contributed by atoms with Gasteiger partial charge in [0.25, 0.3) is 5.91 Å². The summed E-state index contributed by atoms with van der Waals surface area (Å²) in [6.45, 7) is 2.27. The van der Waals surface area contributed by atoms with Gasteiger partial charge in [0.05, 0.1) is 5.54 Å². The second-order valence-corrected chi connectivity index (χ2v) is 5.58. The van der Waals surface area contributed by atoms with Crippen molar-refractivity contribution in [1.82, 2.24) is 15.5 Å². The number of alkyl halides is 1. The Balaban J connectivity index is 2.02. The van der Waals surface area contributed by atoms with Crippen molar-refractivity contribution >= 4 is 21.8 Å². The highest BCUT2D eigenvalue weighted by atomic mass is 79.9. The van der Waals surface area contributed by atoms with E-state index in [1.807, 2.05) is 0 Å². The highest BCUT2D eigenvalue weighted by molar-refractivity contribution is 9.09. The fourth-order valence-corrected chi connectivity index (χ4v) is 3.00. The van der Waals surface area contributed by atoms with Crippen molar-refractivity contribution in [3.8, 4) is 0 Å². The summed E-state index contributed by atoms with van der Waals surface area (Å²) in [5.41, 5.74) is 0.443. The molecule has 1 aromatic rings. The number of aromatic nitrogens is 2. The second-order valence-electron chi connectivity index (χ2n) is 5.02. The Kier molecular flexibility index (Phi) is 3.86. The van der Waals surface area contributed by atoms with Crippen LogP contribution in [-0.2, 0) is 0 Å². The summed E-state index contributed by atoms with van der Waals surface area (Å²) >= 11 is 3.54. The van der Waals surface area contributed by atoms with Crippen LogP contribution in [0.4, 0.5) is 0 Å². The first-order valence-electron chi connectivity index (χ1n) is 6.03. The van der Waals surface area contributed by atoms with Crippen LogP contribution in [0.3, 0.4) is 0 Å². The van der Waals surface area contributed by atoms with E-state index in [9.17, 15) is 4.79 Å². The molecule has 17 heavy (non-hydrogen) atoms. The Bertz CT molecular complexity index is 369. The zero-order valence-corrected chi connectivity index (χ0v) is 11.6. The van der Waals surface area contributed by atoms with E-state index >= 15 is 0 Å². The normalized spacial score (nSPS) is 28.9. The number of carbonyl (C=O) groups excluding carboxylic acids is 1. The molecule has 1 amide bonds. The van der Waals surface area contributed by atoms with E-state index in [0.717, 1.165) is 24.1 Å². The van der Waals surface area contributed by atoms with E-state index in [-0.39, 0.29) is 11.4 Å². The maximum absolute atomic E-state index is 12.0. The average molecular weight is 300 g/mol. The fourth-order valence-electron chi connectivity index (χ4n) is 2.30. The van der Waals surface area contributed by atoms with Crippen LogP contribution in [0.15, 0.2) is 12.3 Å². The quantitative estimate of drug-likeness (QED) is 0.843. The molecular formula is C12H18BrN3O. The molecule has 1 fully saturated rings. The van der Waals surface area contributed by atoms with Crippen molar-refractivity contribution < 1.29 is 4.79 Å². The van der Waals surface area contributed by atoms with Crippen molar-refractivity contribution in [2.45, 2.75) is 38.1 Å². The summed E-state index contributed by atoms with van der Waals surface area (Å²) in [4.78, 5) is 12.0. The van der Waals surface area contributed by atoms with Crippen LogP contribution in [0.2, 0.25) is 0 Å². The molecule has 5 heteroatoms. The van der Waals surface area contributed by atoms with E-state index in [4.69, 9.17) is 0 Å². The number of H-pyrrole nitrogens is 1. The number of carbonyl (C=O) groups is 1. The summed E-state index contributed by atoms with van der Waals surface area (Å²) < 4.78 is 0. The third-order valence-corrected chi connectivity index (χ3v) is 4.68. The van der Waals surface area contributed by atoms with Crippen molar-refractivity contribution in [2.75, 3.05) is 5.33 Å². The zero-order chi connectivity index (χ0) is 12.3. The molecular weight excluding hydrogens is 282 g/mol. The van der Waals surface area contributed by atoms with Gasteiger partial charge in [0.1, 0.15) is 5.69 Å². The molecule has 2 rings (SSSR count). The molecule has 1 heterocycles. The third-order valence-electron chi connectivity index (χ3n) is 3.61. The number of halogens is 1. The van der Waals surface area contributed by atoms with Crippen molar-refractivity contribution in [3.05, 3.63) is 18.0 Å². The largest absolute Gasteiger partial charge is 0.344 e. The molecule has 0 saturated heterocycles. The Labute approximate surface area is 110 Å². The summed E-state index contributed by atoms with van der Waals surface area (Å²) in [6.07, 6.45) is 6.03. The molecule has 0 spiro atoms. The Morgan fingerprint density at radius 1 is 1.65 bits per heavy atom. The minimum absolute atomic E-state index is 0.0588. The lowest BCUT2D eigenvalue weighted by Crippen LogP contribution is -2.52. The number of amides is 1. The molecule has 1 aromatic heterocycles. The standard InChI is InChI=1S/C12H18BrN3O/c1-9-2-5-12(8-13,6-3-9)15-11(17)10-4-7-14-16-10/h4,7,9H,2-3,5-6,8H2,1H3,(H,14,16)(H,15,17). The van der Waals surface area contributed by atoms with Crippen LogP contribution in [0.5, 0.6) is 0 Å². The SMILES string of the molecule is CC1CCC(CBr)(NC(=O)c2ccn[nH]2)CC1. The van der Waals surface area contributed by atoms with Gasteiger partial charge >= 0.3 is 0 Å². The van der Waals surface area contributed by atoms with Gasteiger partial charge in [-0.2, -0.15) is 5.10 Å². The summed E-state index contributed by atoms with van der Waals surface area (Å²) in [5, 5.41) is 10.5. The minimum atomic E-state index is -0.0886. The Morgan fingerprint density at radius 3 is 2.88 bits per heavy atom. The van der Waals surface area contributed by atoms with Crippen LogP contribution in [-0.4, -0.2) is 27.0 Å². The third kappa shape index (κ3) is 2.89. The van der Waals surface area contributed by atoms with E-state index < -0.39 is 0 Å². The van der Waals surface area contributed by atoms with Gasteiger partial charge in [-0.15, -0.1) is 0 Å². The number of nitrogens with one attached hydrogen (secondary N) is 2. The molecule has 94 valence electrons. The maximum Gasteiger partial charge on any atom is 0.269 e. The van der Waals surface area contributed by atoms with Crippen molar-refractivity contribution in [2.24, 2.45) is 5.92 Å². The van der Waals surface area contributed by atoms with Gasteiger partial charge in [-0.25, -0.2) is 0 Å².